The number of fused-ring (bicyclic) bond motifs is 4. The molecule has 3 fully saturated rings. The number of likely N-dealkylation sites (tertiary alicyclic amines) is 1. The molecule has 1 N–H and O–H groups in total. The van der Waals surface area contributed by atoms with Gasteiger partial charge in [0.25, 0.3) is 11.8 Å². The molecule has 0 radical (unpaired) electrons. The van der Waals surface area contributed by atoms with Gasteiger partial charge in [-0.3, -0.25) is 29.0 Å². The number of nitrogens with zero attached hydrogens (tertiary/aromatic N) is 5. The number of azo groups is 1. The molecule has 252 valence electrons. The van der Waals surface area contributed by atoms with E-state index < -0.39 is 51.1 Å². The van der Waals surface area contributed by atoms with Gasteiger partial charge in [-0.1, -0.05) is 23.8 Å². The number of carbonyl (C=O) groups is 4. The van der Waals surface area contributed by atoms with Crippen molar-refractivity contribution in [2.75, 3.05) is 30.9 Å². The number of hydrogen-bond donors (Lipinski definition) is 1. The molecule has 0 unspecified atom stereocenters. The van der Waals surface area contributed by atoms with E-state index in [1.54, 1.807) is 50.2 Å². The van der Waals surface area contributed by atoms with Crippen LogP contribution in [0, 0.1) is 31.6 Å². The number of halogens is 2. The van der Waals surface area contributed by atoms with Crippen molar-refractivity contribution in [3.63, 3.8) is 0 Å². The lowest BCUT2D eigenvalue weighted by Gasteiger charge is -2.51. The van der Waals surface area contributed by atoms with Crippen molar-refractivity contribution in [3.05, 3.63) is 89.0 Å². The topological polar surface area (TPSA) is 123 Å². The van der Waals surface area contributed by atoms with E-state index in [4.69, 9.17) is 23.2 Å². The van der Waals surface area contributed by atoms with Crippen LogP contribution in [0.4, 0.5) is 22.7 Å². The second kappa shape index (κ2) is 11.5. The van der Waals surface area contributed by atoms with Gasteiger partial charge in [0.15, 0.2) is 9.75 Å². The molecule has 2 aliphatic carbocycles. The Morgan fingerprint density at radius 2 is 1.41 bits per heavy atom. The van der Waals surface area contributed by atoms with Crippen molar-refractivity contribution >= 4 is 69.6 Å². The van der Waals surface area contributed by atoms with Crippen molar-refractivity contribution in [1.82, 2.24) is 4.90 Å². The highest BCUT2D eigenvalue weighted by molar-refractivity contribution is 6.53. The maximum absolute atomic E-state index is 14.3. The number of rotatable bonds is 5. The molecular weight excluding hydrogens is 665 g/mol. The molecular formula is C37H35Cl2N5O5. The number of anilines is 2. The first-order chi connectivity index (χ1) is 23.2. The second-order valence-corrected chi connectivity index (χ2v) is 14.9. The zero-order valence-electron chi connectivity index (χ0n) is 27.6. The number of phenols is 1. The van der Waals surface area contributed by atoms with Crippen LogP contribution in [0.5, 0.6) is 5.75 Å². The predicted octanol–water partition coefficient (Wildman–Crippen LogP) is 6.68. The summed E-state index contributed by atoms with van der Waals surface area (Å²) in [5.41, 5.74) is 5.11. The number of amides is 4. The lowest BCUT2D eigenvalue weighted by Crippen LogP contribution is -2.60. The van der Waals surface area contributed by atoms with E-state index in [1.807, 2.05) is 49.3 Å². The normalized spacial score (nSPS) is 29.3. The van der Waals surface area contributed by atoms with Crippen molar-refractivity contribution in [2.24, 2.45) is 28.0 Å². The molecule has 49 heavy (non-hydrogen) atoms. The zero-order chi connectivity index (χ0) is 35.2. The van der Waals surface area contributed by atoms with Crippen molar-refractivity contribution < 1.29 is 24.3 Å². The Morgan fingerprint density at radius 3 is 1.98 bits per heavy atom. The Hall–Kier alpha value is -4.54. The molecule has 12 heteroatoms. The summed E-state index contributed by atoms with van der Waals surface area (Å²) < 4.78 is 0. The summed E-state index contributed by atoms with van der Waals surface area (Å²) in [4.78, 5) is 56.2. The van der Waals surface area contributed by atoms with Crippen LogP contribution in [0.15, 0.2) is 82.5 Å². The maximum atomic E-state index is 14.3. The van der Waals surface area contributed by atoms with E-state index >= 15 is 0 Å². The molecule has 0 aromatic heterocycles. The van der Waals surface area contributed by atoms with Gasteiger partial charge >= 0.3 is 0 Å². The smallest absolute Gasteiger partial charge is 0.253 e. The van der Waals surface area contributed by atoms with Crippen molar-refractivity contribution in [2.45, 2.75) is 42.4 Å². The second-order valence-electron chi connectivity index (χ2n) is 13.6. The number of allylic oxidation sites excluding steroid dienone is 2. The van der Waals surface area contributed by atoms with Gasteiger partial charge in [-0.05, 0) is 97.8 Å². The first-order valence-electron chi connectivity index (χ1n) is 16.1. The van der Waals surface area contributed by atoms with Crippen molar-refractivity contribution in [3.8, 4) is 5.75 Å². The van der Waals surface area contributed by atoms with Gasteiger partial charge in [-0.2, -0.15) is 10.2 Å². The number of carbonyl (C=O) groups excluding carboxylic acids is 4. The van der Waals surface area contributed by atoms with E-state index in [1.165, 1.54) is 11.9 Å². The summed E-state index contributed by atoms with van der Waals surface area (Å²) in [6, 6.07) is 17.8. The first-order valence-corrected chi connectivity index (χ1v) is 16.8. The Kier molecular flexibility index (Phi) is 7.76. The van der Waals surface area contributed by atoms with E-state index in [0.29, 0.717) is 39.3 Å². The summed E-state index contributed by atoms with van der Waals surface area (Å²) in [7, 11) is 5.28. The molecule has 7 rings (SSSR count). The minimum absolute atomic E-state index is 0.0891. The summed E-state index contributed by atoms with van der Waals surface area (Å²) in [6.45, 7) is 3.48. The highest BCUT2D eigenvalue weighted by Crippen LogP contribution is 2.65. The quantitative estimate of drug-likeness (QED) is 0.137. The summed E-state index contributed by atoms with van der Waals surface area (Å²) in [5, 5.41) is 19.2. The van der Waals surface area contributed by atoms with Gasteiger partial charge < -0.3 is 10.0 Å². The monoisotopic (exact) mass is 699 g/mol. The first kappa shape index (κ1) is 33.0. The van der Waals surface area contributed by atoms with Gasteiger partial charge in [-0.15, -0.1) is 23.2 Å². The van der Waals surface area contributed by atoms with E-state index in [9.17, 15) is 24.3 Å². The number of aromatic hydroxyl groups is 1. The van der Waals surface area contributed by atoms with E-state index in [-0.39, 0.29) is 24.5 Å². The summed E-state index contributed by atoms with van der Waals surface area (Å²) in [6.07, 6.45) is 2.06. The third-order valence-electron chi connectivity index (χ3n) is 10.6. The molecule has 0 spiro atoms. The zero-order valence-corrected chi connectivity index (χ0v) is 29.2. The fraction of sp³-hybridized carbons (Fsp3) is 0.351. The van der Waals surface area contributed by atoms with Gasteiger partial charge in [0, 0.05) is 32.7 Å². The molecule has 4 aliphatic rings. The minimum atomic E-state index is -1.88. The van der Waals surface area contributed by atoms with Gasteiger partial charge in [0.2, 0.25) is 11.8 Å². The third-order valence-corrected chi connectivity index (χ3v) is 12.0. The average Bonchev–Trinajstić information content (AvgIpc) is 3.41. The highest BCUT2D eigenvalue weighted by atomic mass is 35.5. The molecule has 2 saturated heterocycles. The van der Waals surface area contributed by atoms with Crippen LogP contribution in [-0.4, -0.2) is 64.5 Å². The summed E-state index contributed by atoms with van der Waals surface area (Å²) >= 11 is 14.5. The lowest BCUT2D eigenvalue weighted by molar-refractivity contribution is -0.138. The Labute approximate surface area is 294 Å². The summed E-state index contributed by atoms with van der Waals surface area (Å²) in [5.74, 6) is -4.91. The molecule has 2 heterocycles. The number of hydrogen-bond acceptors (Lipinski definition) is 8. The molecule has 2 aliphatic heterocycles. The van der Waals surface area contributed by atoms with Crippen LogP contribution in [0.1, 0.15) is 35.4 Å². The van der Waals surface area contributed by atoms with Crippen LogP contribution in [-0.2, 0) is 19.2 Å². The number of alkyl halides is 2. The van der Waals surface area contributed by atoms with Gasteiger partial charge in [-0.25, -0.2) is 0 Å². The van der Waals surface area contributed by atoms with Crippen LogP contribution < -0.4 is 9.80 Å². The Bertz CT molecular complexity index is 1970. The average molecular weight is 701 g/mol. The molecule has 10 nitrogen and oxygen atoms in total. The number of phenolic OH excluding ortho intramolecular Hbond substituents is 1. The van der Waals surface area contributed by atoms with Crippen LogP contribution >= 0.6 is 23.2 Å². The molecule has 0 bridgehead atoms. The Morgan fingerprint density at radius 1 is 0.837 bits per heavy atom. The maximum Gasteiger partial charge on any atom is 0.253 e. The molecule has 4 amide bonds. The molecule has 3 aromatic rings. The number of aryl methyl sites for hydroxylation is 2. The van der Waals surface area contributed by atoms with Crippen LogP contribution in [0.2, 0.25) is 0 Å². The standard InChI is InChI=1S/C37H35Cl2N5O5/c1-19-16-21(17-20(2)31(19)45)30-26-14-15-27-29(28(26)18-36(38)34(48)43(5)35(49)37(30,36)39)33(47)44(32(27)46)25-12-8-23(9-13-25)41-40-22-6-10-24(11-7-22)42(3)4/h6-14,16-17,27-30,45H,15,18H2,1-5H3/t27-,28+,29-,30-,36+,37-/m0/s1. The van der Waals surface area contributed by atoms with Gasteiger partial charge in [0.1, 0.15) is 5.75 Å². The molecule has 6 atom stereocenters. The fourth-order valence-corrected chi connectivity index (χ4v) is 9.15. The molecule has 1 saturated carbocycles. The number of imide groups is 2. The van der Waals surface area contributed by atoms with Crippen LogP contribution in [0.25, 0.3) is 0 Å². The molecule has 3 aromatic carbocycles. The lowest BCUT2D eigenvalue weighted by atomic mass is 9.56. The van der Waals surface area contributed by atoms with E-state index in [0.717, 1.165) is 10.6 Å². The van der Waals surface area contributed by atoms with Crippen molar-refractivity contribution in [1.29, 1.82) is 0 Å². The Balaban J connectivity index is 1.22. The number of benzene rings is 3. The highest BCUT2D eigenvalue weighted by Gasteiger charge is 2.75. The minimum Gasteiger partial charge on any atom is -0.507 e. The predicted molar refractivity (Wildman–Crippen MR) is 187 cm³/mol. The third kappa shape index (κ3) is 4.75. The SMILES string of the molecule is Cc1cc([C@H]2C3=CC[C@@H]4C(=O)N(c5ccc(N=Nc6ccc(N(C)C)cc6)cc5)C(=O)[C@@H]4[C@@H]3C[C@@]3(Cl)C(=O)N(C)C(=O)[C@@]23Cl)cc(C)c1O. The van der Waals surface area contributed by atoms with E-state index in [2.05, 4.69) is 10.2 Å². The largest absolute Gasteiger partial charge is 0.507 e. The van der Waals surface area contributed by atoms with Crippen LogP contribution in [0.3, 0.4) is 0 Å². The fourth-order valence-electron chi connectivity index (χ4n) is 8.13. The van der Waals surface area contributed by atoms with Gasteiger partial charge in [0.05, 0.1) is 28.9 Å².